The van der Waals surface area contributed by atoms with Crippen LogP contribution in [0.15, 0.2) is 54.7 Å². The number of carbonyl (C=O) groups excluding carboxylic acids is 1. The van der Waals surface area contributed by atoms with Crippen molar-refractivity contribution in [1.82, 2.24) is 9.55 Å². The second kappa shape index (κ2) is 10.2. The number of anilines is 1. The Kier molecular flexibility index (Phi) is 7.17. The second-order valence-electron chi connectivity index (χ2n) is 9.28. The SMILES string of the molecule is CCOc1ccc(Cc2cc3cc(N(C)C(=O)C(C)C)cnc3n2CC2C=CCCC2)cc1. The average Bonchev–Trinajstić information content (AvgIpc) is 3.16. The third-order valence-corrected chi connectivity index (χ3v) is 6.41. The maximum atomic E-state index is 12.5. The molecule has 0 saturated carbocycles. The number of benzene rings is 1. The van der Waals surface area contributed by atoms with E-state index >= 15 is 0 Å². The van der Waals surface area contributed by atoms with Crippen molar-refractivity contribution in [3.8, 4) is 5.75 Å². The molecule has 0 bridgehead atoms. The summed E-state index contributed by atoms with van der Waals surface area (Å²) in [5.74, 6) is 1.47. The molecule has 33 heavy (non-hydrogen) atoms. The smallest absolute Gasteiger partial charge is 0.229 e. The Bertz CT molecular complexity index is 1130. The van der Waals surface area contributed by atoms with Crippen molar-refractivity contribution < 1.29 is 9.53 Å². The number of nitrogens with zero attached hydrogens (tertiary/aromatic N) is 3. The molecule has 5 nitrogen and oxygen atoms in total. The molecule has 3 aromatic rings. The molecule has 5 heteroatoms. The zero-order chi connectivity index (χ0) is 23.4. The maximum Gasteiger partial charge on any atom is 0.229 e. The van der Waals surface area contributed by atoms with Crippen molar-refractivity contribution in [2.75, 3.05) is 18.6 Å². The summed E-state index contributed by atoms with van der Waals surface area (Å²) in [6.45, 7) is 7.45. The van der Waals surface area contributed by atoms with E-state index < -0.39 is 0 Å². The quantitative estimate of drug-likeness (QED) is 0.400. The summed E-state index contributed by atoms with van der Waals surface area (Å²) in [5, 5.41) is 1.08. The number of pyridine rings is 1. The highest BCUT2D eigenvalue weighted by molar-refractivity contribution is 5.95. The molecule has 0 radical (unpaired) electrons. The lowest BCUT2D eigenvalue weighted by Crippen LogP contribution is -2.30. The van der Waals surface area contributed by atoms with Crippen molar-refractivity contribution in [3.05, 3.63) is 66.0 Å². The molecule has 0 saturated heterocycles. The van der Waals surface area contributed by atoms with E-state index in [-0.39, 0.29) is 11.8 Å². The number of carbonyl (C=O) groups is 1. The van der Waals surface area contributed by atoms with Crippen LogP contribution in [0.5, 0.6) is 5.75 Å². The average molecular weight is 446 g/mol. The van der Waals surface area contributed by atoms with Gasteiger partial charge in [0.1, 0.15) is 11.4 Å². The van der Waals surface area contributed by atoms with Gasteiger partial charge in [0.2, 0.25) is 5.91 Å². The molecule has 0 N–H and O–H groups in total. The molecular weight excluding hydrogens is 410 g/mol. The topological polar surface area (TPSA) is 47.4 Å². The summed E-state index contributed by atoms with van der Waals surface area (Å²) >= 11 is 0. The summed E-state index contributed by atoms with van der Waals surface area (Å²) in [6.07, 6.45) is 11.0. The summed E-state index contributed by atoms with van der Waals surface area (Å²) in [6, 6.07) is 12.7. The fourth-order valence-corrected chi connectivity index (χ4v) is 4.59. The zero-order valence-corrected chi connectivity index (χ0v) is 20.3. The molecule has 1 aromatic carbocycles. The summed E-state index contributed by atoms with van der Waals surface area (Å²) < 4.78 is 7.98. The highest BCUT2D eigenvalue weighted by atomic mass is 16.5. The first-order valence-corrected chi connectivity index (χ1v) is 12.1. The van der Waals surface area contributed by atoms with Gasteiger partial charge in [-0.1, -0.05) is 38.1 Å². The van der Waals surface area contributed by atoms with E-state index in [1.165, 1.54) is 30.5 Å². The first-order valence-electron chi connectivity index (χ1n) is 12.1. The van der Waals surface area contributed by atoms with Gasteiger partial charge in [0.25, 0.3) is 0 Å². The van der Waals surface area contributed by atoms with Crippen molar-refractivity contribution in [2.45, 2.75) is 53.0 Å². The van der Waals surface area contributed by atoms with Crippen molar-refractivity contribution >= 4 is 22.6 Å². The molecule has 1 atom stereocenters. The Morgan fingerprint density at radius 3 is 2.70 bits per heavy atom. The van der Waals surface area contributed by atoms with Gasteiger partial charge in [-0.15, -0.1) is 0 Å². The van der Waals surface area contributed by atoms with E-state index in [9.17, 15) is 4.79 Å². The number of hydrogen-bond donors (Lipinski definition) is 0. The maximum absolute atomic E-state index is 12.5. The second-order valence-corrected chi connectivity index (χ2v) is 9.28. The highest BCUT2D eigenvalue weighted by Crippen LogP contribution is 2.28. The van der Waals surface area contributed by atoms with E-state index in [1.807, 2.05) is 46.1 Å². The number of fused-ring (bicyclic) bond motifs is 1. The van der Waals surface area contributed by atoms with Crippen LogP contribution < -0.4 is 9.64 Å². The Hall–Kier alpha value is -3.08. The largest absolute Gasteiger partial charge is 0.494 e. The van der Waals surface area contributed by atoms with Crippen molar-refractivity contribution in [2.24, 2.45) is 11.8 Å². The van der Waals surface area contributed by atoms with Crippen LogP contribution in [0.3, 0.4) is 0 Å². The molecule has 1 aliphatic rings. The van der Waals surface area contributed by atoms with E-state index in [0.717, 1.165) is 35.4 Å². The van der Waals surface area contributed by atoms with Crippen LogP contribution in [0.4, 0.5) is 5.69 Å². The first-order chi connectivity index (χ1) is 16.0. The van der Waals surface area contributed by atoms with E-state index in [2.05, 4.69) is 41.0 Å². The minimum atomic E-state index is -0.0522. The zero-order valence-electron chi connectivity index (χ0n) is 20.3. The van der Waals surface area contributed by atoms with Gasteiger partial charge in [-0.3, -0.25) is 4.79 Å². The lowest BCUT2D eigenvalue weighted by molar-refractivity contribution is -0.121. The monoisotopic (exact) mass is 445 g/mol. The molecule has 0 aliphatic heterocycles. The molecule has 1 unspecified atom stereocenters. The lowest BCUT2D eigenvalue weighted by atomic mass is 9.96. The van der Waals surface area contributed by atoms with E-state index in [4.69, 9.17) is 9.72 Å². The van der Waals surface area contributed by atoms with Gasteiger partial charge in [0, 0.05) is 37.0 Å². The van der Waals surface area contributed by atoms with Crippen LogP contribution >= 0.6 is 0 Å². The molecule has 0 fully saturated rings. The predicted molar refractivity (Wildman–Crippen MR) is 135 cm³/mol. The van der Waals surface area contributed by atoms with Crippen LogP contribution in [0.1, 0.15) is 51.3 Å². The fraction of sp³-hybridized carbons (Fsp3) is 0.429. The summed E-state index contributed by atoms with van der Waals surface area (Å²) in [4.78, 5) is 19.1. The van der Waals surface area contributed by atoms with Crippen molar-refractivity contribution in [3.63, 3.8) is 0 Å². The van der Waals surface area contributed by atoms with Gasteiger partial charge >= 0.3 is 0 Å². The van der Waals surface area contributed by atoms with E-state index in [1.54, 1.807) is 4.90 Å². The van der Waals surface area contributed by atoms with Gasteiger partial charge < -0.3 is 14.2 Å². The Labute approximate surface area is 197 Å². The first kappa shape index (κ1) is 23.1. The molecule has 2 heterocycles. The minimum Gasteiger partial charge on any atom is -0.494 e. The lowest BCUT2D eigenvalue weighted by Gasteiger charge is -2.20. The molecule has 4 rings (SSSR count). The van der Waals surface area contributed by atoms with Crippen LogP contribution in [-0.4, -0.2) is 29.1 Å². The minimum absolute atomic E-state index is 0.0522. The number of amides is 1. The van der Waals surface area contributed by atoms with Crippen LogP contribution in [0.25, 0.3) is 11.0 Å². The highest BCUT2D eigenvalue weighted by Gasteiger charge is 2.19. The third-order valence-electron chi connectivity index (χ3n) is 6.41. The number of ether oxygens (including phenoxy) is 1. The molecule has 1 amide bonds. The number of allylic oxidation sites excluding steroid dienone is 2. The molecule has 2 aromatic heterocycles. The summed E-state index contributed by atoms with van der Waals surface area (Å²) in [5.41, 5.74) is 4.32. The van der Waals surface area contributed by atoms with E-state index in [0.29, 0.717) is 12.5 Å². The van der Waals surface area contributed by atoms with Gasteiger partial charge in [-0.05, 0) is 61.9 Å². The normalized spacial score (nSPS) is 15.8. The molecule has 0 spiro atoms. The van der Waals surface area contributed by atoms with Gasteiger partial charge in [0.15, 0.2) is 0 Å². The Morgan fingerprint density at radius 2 is 2.03 bits per heavy atom. The molecule has 1 aliphatic carbocycles. The van der Waals surface area contributed by atoms with Gasteiger partial charge in [0.05, 0.1) is 18.5 Å². The summed E-state index contributed by atoms with van der Waals surface area (Å²) in [7, 11) is 1.83. The Balaban J connectivity index is 1.69. The van der Waals surface area contributed by atoms with Crippen LogP contribution in [0.2, 0.25) is 0 Å². The Morgan fingerprint density at radius 1 is 1.24 bits per heavy atom. The predicted octanol–water partition coefficient (Wildman–Crippen LogP) is 6.00. The van der Waals surface area contributed by atoms with Gasteiger partial charge in [-0.2, -0.15) is 0 Å². The fourth-order valence-electron chi connectivity index (χ4n) is 4.59. The third kappa shape index (κ3) is 5.29. The van der Waals surface area contributed by atoms with Crippen LogP contribution in [-0.2, 0) is 17.8 Å². The van der Waals surface area contributed by atoms with Crippen molar-refractivity contribution in [1.29, 1.82) is 0 Å². The number of aromatic nitrogens is 2. The number of rotatable bonds is 8. The van der Waals surface area contributed by atoms with Gasteiger partial charge in [-0.25, -0.2) is 4.98 Å². The standard InChI is InChI=1S/C28H35N3O2/c1-5-33-26-13-11-21(12-14-26)15-24-16-23-17-25(30(4)28(32)20(2)3)18-29-27(23)31(24)19-22-9-7-6-8-10-22/h7,9,11-14,16-18,20,22H,5-6,8,10,15,19H2,1-4H3. The molecular formula is C28H35N3O2. The van der Waals surface area contributed by atoms with Crippen LogP contribution in [0, 0.1) is 11.8 Å². The molecule has 174 valence electrons. The number of hydrogen-bond acceptors (Lipinski definition) is 3.